The maximum atomic E-state index is 10.8. The first-order valence-electron chi connectivity index (χ1n) is 4.27. The number of carboxylic acids is 1. The van der Waals surface area contributed by atoms with Crippen LogP contribution in [0.4, 0.5) is 0 Å². The summed E-state index contributed by atoms with van der Waals surface area (Å²) >= 11 is 1.18. The van der Waals surface area contributed by atoms with Gasteiger partial charge in [-0.1, -0.05) is 0 Å². The topological polar surface area (TPSA) is 83.6 Å². The van der Waals surface area contributed by atoms with Crippen molar-refractivity contribution in [3.05, 3.63) is 21.9 Å². The Labute approximate surface area is 91.1 Å². The number of primary amides is 1. The van der Waals surface area contributed by atoms with E-state index in [1.54, 1.807) is 23.4 Å². The first-order valence-corrected chi connectivity index (χ1v) is 5.15. The maximum Gasteiger partial charge on any atom is 0.346 e. The summed E-state index contributed by atoms with van der Waals surface area (Å²) in [4.78, 5) is 23.4. The highest BCUT2D eigenvalue weighted by Crippen LogP contribution is 2.17. The number of carboxylic acid groups (broad SMARTS) is 1. The largest absolute Gasteiger partial charge is 0.477 e. The Balaban J connectivity index is 2.67. The number of aromatic carboxylic acids is 1. The van der Waals surface area contributed by atoms with Gasteiger partial charge in [0.2, 0.25) is 5.91 Å². The van der Waals surface area contributed by atoms with Crippen molar-refractivity contribution in [2.45, 2.75) is 6.54 Å². The van der Waals surface area contributed by atoms with Gasteiger partial charge in [-0.05, 0) is 24.1 Å². The van der Waals surface area contributed by atoms with Gasteiger partial charge >= 0.3 is 5.97 Å². The molecule has 1 heterocycles. The van der Waals surface area contributed by atoms with Crippen molar-refractivity contribution < 1.29 is 14.7 Å². The van der Waals surface area contributed by atoms with E-state index < -0.39 is 11.9 Å². The average molecular weight is 228 g/mol. The Kier molecular flexibility index (Phi) is 3.81. The Morgan fingerprint density at radius 3 is 2.80 bits per heavy atom. The summed E-state index contributed by atoms with van der Waals surface area (Å²) in [5, 5.41) is 10.6. The smallest absolute Gasteiger partial charge is 0.346 e. The zero-order chi connectivity index (χ0) is 11.4. The molecule has 0 radical (unpaired) electrons. The zero-order valence-electron chi connectivity index (χ0n) is 8.27. The SMILES string of the molecule is CN(CC(N)=O)Cc1ccsc1C(=O)O. The highest BCUT2D eigenvalue weighted by molar-refractivity contribution is 7.12. The molecule has 1 aromatic heterocycles. The van der Waals surface area contributed by atoms with E-state index >= 15 is 0 Å². The maximum absolute atomic E-state index is 10.8. The molecule has 0 fully saturated rings. The van der Waals surface area contributed by atoms with Crippen LogP contribution in [-0.4, -0.2) is 35.5 Å². The van der Waals surface area contributed by atoms with E-state index in [0.717, 1.165) is 0 Å². The molecule has 0 aliphatic rings. The minimum absolute atomic E-state index is 0.120. The minimum Gasteiger partial charge on any atom is -0.477 e. The first kappa shape index (κ1) is 11.7. The highest BCUT2D eigenvalue weighted by atomic mass is 32.1. The summed E-state index contributed by atoms with van der Waals surface area (Å²) in [6, 6.07) is 1.74. The number of nitrogens with two attached hydrogens (primary N) is 1. The van der Waals surface area contributed by atoms with Crippen LogP contribution in [-0.2, 0) is 11.3 Å². The number of nitrogens with zero attached hydrogens (tertiary/aromatic N) is 1. The molecule has 15 heavy (non-hydrogen) atoms. The summed E-state index contributed by atoms with van der Waals surface area (Å²) in [6.45, 7) is 0.531. The van der Waals surface area contributed by atoms with Gasteiger partial charge in [0.15, 0.2) is 0 Å². The molecule has 1 aromatic rings. The van der Waals surface area contributed by atoms with E-state index in [4.69, 9.17) is 10.8 Å². The molecule has 0 unspecified atom stereocenters. The normalized spacial score (nSPS) is 10.5. The molecular weight excluding hydrogens is 216 g/mol. The third kappa shape index (κ3) is 3.34. The minimum atomic E-state index is -0.938. The van der Waals surface area contributed by atoms with E-state index in [0.29, 0.717) is 17.0 Å². The van der Waals surface area contributed by atoms with Gasteiger partial charge < -0.3 is 10.8 Å². The van der Waals surface area contributed by atoms with Gasteiger partial charge in [0.25, 0.3) is 0 Å². The number of amides is 1. The van der Waals surface area contributed by atoms with E-state index in [1.165, 1.54) is 11.3 Å². The van der Waals surface area contributed by atoms with Crippen LogP contribution in [0.25, 0.3) is 0 Å². The number of rotatable bonds is 5. The first-order chi connectivity index (χ1) is 7.00. The predicted octanol–water partition coefficient (Wildman–Crippen LogP) is 0.363. The van der Waals surface area contributed by atoms with Gasteiger partial charge in [0.1, 0.15) is 4.88 Å². The zero-order valence-corrected chi connectivity index (χ0v) is 9.08. The van der Waals surface area contributed by atoms with Crippen LogP contribution in [0.2, 0.25) is 0 Å². The van der Waals surface area contributed by atoms with Crippen molar-refractivity contribution in [1.82, 2.24) is 4.90 Å². The van der Waals surface area contributed by atoms with Crippen LogP contribution in [0.1, 0.15) is 15.2 Å². The van der Waals surface area contributed by atoms with Crippen molar-refractivity contribution in [3.63, 3.8) is 0 Å². The monoisotopic (exact) mass is 228 g/mol. The van der Waals surface area contributed by atoms with Gasteiger partial charge in [-0.25, -0.2) is 4.79 Å². The lowest BCUT2D eigenvalue weighted by atomic mass is 10.2. The fourth-order valence-corrected chi connectivity index (χ4v) is 2.01. The molecule has 0 atom stereocenters. The molecule has 82 valence electrons. The van der Waals surface area contributed by atoms with Crippen LogP contribution >= 0.6 is 11.3 Å². The fourth-order valence-electron chi connectivity index (χ4n) is 1.26. The lowest BCUT2D eigenvalue weighted by Crippen LogP contribution is -2.30. The van der Waals surface area contributed by atoms with Crippen LogP contribution in [0.5, 0.6) is 0 Å². The van der Waals surface area contributed by atoms with Crippen LogP contribution in [0, 0.1) is 0 Å². The summed E-state index contributed by atoms with van der Waals surface area (Å²) < 4.78 is 0. The van der Waals surface area contributed by atoms with E-state index in [2.05, 4.69) is 0 Å². The summed E-state index contributed by atoms with van der Waals surface area (Å²) in [5.41, 5.74) is 5.73. The second kappa shape index (κ2) is 4.90. The van der Waals surface area contributed by atoms with Crippen molar-refractivity contribution >= 4 is 23.2 Å². The molecule has 0 bridgehead atoms. The van der Waals surface area contributed by atoms with Crippen LogP contribution in [0.3, 0.4) is 0 Å². The quantitative estimate of drug-likeness (QED) is 0.762. The second-order valence-electron chi connectivity index (χ2n) is 3.22. The van der Waals surface area contributed by atoms with Crippen LogP contribution < -0.4 is 5.73 Å². The lowest BCUT2D eigenvalue weighted by molar-refractivity contribution is -0.118. The summed E-state index contributed by atoms with van der Waals surface area (Å²) in [5.74, 6) is -1.36. The number of thiophene rings is 1. The molecule has 0 spiro atoms. The van der Waals surface area contributed by atoms with E-state index in [1.807, 2.05) is 0 Å². The molecule has 3 N–H and O–H groups in total. The van der Waals surface area contributed by atoms with Crippen molar-refractivity contribution in [2.24, 2.45) is 5.73 Å². The van der Waals surface area contributed by atoms with Gasteiger partial charge in [-0.3, -0.25) is 9.69 Å². The Morgan fingerprint density at radius 1 is 1.60 bits per heavy atom. The average Bonchev–Trinajstić information content (AvgIpc) is 2.50. The molecule has 0 aliphatic heterocycles. The molecular formula is C9H12N2O3S. The molecule has 0 aromatic carbocycles. The third-order valence-electron chi connectivity index (χ3n) is 1.81. The number of hydrogen-bond acceptors (Lipinski definition) is 4. The molecule has 0 aliphatic carbocycles. The van der Waals surface area contributed by atoms with E-state index in [-0.39, 0.29) is 6.54 Å². The van der Waals surface area contributed by atoms with E-state index in [9.17, 15) is 9.59 Å². The number of hydrogen-bond donors (Lipinski definition) is 2. The Bertz CT molecular complexity index is 375. The van der Waals surface area contributed by atoms with Gasteiger partial charge in [-0.2, -0.15) is 0 Å². The molecule has 5 nitrogen and oxygen atoms in total. The third-order valence-corrected chi connectivity index (χ3v) is 2.75. The number of carbonyl (C=O) groups is 2. The summed E-state index contributed by atoms with van der Waals surface area (Å²) in [6.07, 6.45) is 0. The Morgan fingerprint density at radius 2 is 2.27 bits per heavy atom. The van der Waals surface area contributed by atoms with Crippen LogP contribution in [0.15, 0.2) is 11.4 Å². The van der Waals surface area contributed by atoms with Gasteiger partial charge in [-0.15, -0.1) is 11.3 Å². The number of carbonyl (C=O) groups excluding carboxylic acids is 1. The second-order valence-corrected chi connectivity index (χ2v) is 4.13. The Hall–Kier alpha value is -1.40. The fraction of sp³-hybridized carbons (Fsp3) is 0.333. The summed E-state index contributed by atoms with van der Waals surface area (Å²) in [7, 11) is 1.72. The van der Waals surface area contributed by atoms with Gasteiger partial charge in [0, 0.05) is 6.54 Å². The van der Waals surface area contributed by atoms with Gasteiger partial charge in [0.05, 0.1) is 6.54 Å². The molecule has 1 rings (SSSR count). The molecule has 6 heteroatoms. The van der Waals surface area contributed by atoms with Crippen molar-refractivity contribution in [2.75, 3.05) is 13.6 Å². The highest BCUT2D eigenvalue weighted by Gasteiger charge is 2.13. The standard InChI is InChI=1S/C9H12N2O3S/c1-11(5-7(10)12)4-6-2-3-15-8(6)9(13)14/h2-3H,4-5H2,1H3,(H2,10,12)(H,13,14). The van der Waals surface area contributed by atoms with Crippen molar-refractivity contribution in [1.29, 1.82) is 0 Å². The molecule has 0 saturated carbocycles. The number of likely N-dealkylation sites (N-methyl/N-ethyl adjacent to an activating group) is 1. The molecule has 0 saturated heterocycles. The predicted molar refractivity (Wildman–Crippen MR) is 56.8 cm³/mol. The lowest BCUT2D eigenvalue weighted by Gasteiger charge is -2.13. The molecule has 1 amide bonds. The van der Waals surface area contributed by atoms with Crippen molar-refractivity contribution in [3.8, 4) is 0 Å².